The third kappa shape index (κ3) is 5.64. The van der Waals surface area contributed by atoms with Gasteiger partial charge in [0.05, 0.1) is 19.8 Å². The van der Waals surface area contributed by atoms with E-state index in [-0.39, 0.29) is 18.0 Å². The number of nitrogens with one attached hydrogen (secondary N) is 1. The van der Waals surface area contributed by atoms with Crippen LogP contribution in [-0.4, -0.2) is 25.6 Å². The van der Waals surface area contributed by atoms with E-state index >= 15 is 0 Å². The number of amidine groups is 1. The van der Waals surface area contributed by atoms with Crippen LogP contribution in [0.25, 0.3) is 0 Å². The number of hydrogen-bond donors (Lipinski definition) is 1. The highest BCUT2D eigenvalue weighted by atomic mass is 16.5. The fraction of sp³-hybridized carbons (Fsp3) is 0.300. The SMILES string of the molecule is CCCOC(=N[C@H](C)c1ccccc1)NC(=O)c1cccc(OC)c1. The average Bonchev–Trinajstić information content (AvgIpc) is 2.66. The van der Waals surface area contributed by atoms with Crippen LogP contribution >= 0.6 is 0 Å². The molecule has 5 nitrogen and oxygen atoms in total. The van der Waals surface area contributed by atoms with Gasteiger partial charge >= 0.3 is 0 Å². The van der Waals surface area contributed by atoms with Gasteiger partial charge in [0.25, 0.3) is 11.9 Å². The van der Waals surface area contributed by atoms with E-state index in [1.807, 2.05) is 44.2 Å². The van der Waals surface area contributed by atoms with Crippen LogP contribution in [0.1, 0.15) is 42.2 Å². The van der Waals surface area contributed by atoms with Crippen LogP contribution < -0.4 is 10.1 Å². The summed E-state index contributed by atoms with van der Waals surface area (Å²) in [6, 6.07) is 16.9. The maximum Gasteiger partial charge on any atom is 0.292 e. The van der Waals surface area contributed by atoms with Crippen molar-refractivity contribution in [2.75, 3.05) is 13.7 Å². The first-order valence-electron chi connectivity index (χ1n) is 8.35. The smallest absolute Gasteiger partial charge is 0.292 e. The van der Waals surface area contributed by atoms with Gasteiger partial charge in [-0.05, 0) is 37.1 Å². The molecule has 0 aromatic heterocycles. The van der Waals surface area contributed by atoms with Gasteiger partial charge in [-0.1, -0.05) is 43.3 Å². The molecule has 0 heterocycles. The minimum atomic E-state index is -0.283. The molecule has 2 aromatic carbocycles. The van der Waals surface area contributed by atoms with Crippen LogP contribution in [0.15, 0.2) is 59.6 Å². The van der Waals surface area contributed by atoms with Gasteiger partial charge in [-0.3, -0.25) is 10.1 Å². The number of methoxy groups -OCH3 is 1. The van der Waals surface area contributed by atoms with Crippen molar-refractivity contribution in [3.63, 3.8) is 0 Å². The van der Waals surface area contributed by atoms with E-state index in [0.29, 0.717) is 17.9 Å². The zero-order valence-corrected chi connectivity index (χ0v) is 14.9. The highest BCUT2D eigenvalue weighted by Gasteiger charge is 2.13. The lowest BCUT2D eigenvalue weighted by atomic mass is 10.1. The molecule has 0 saturated carbocycles. The number of carbonyl (C=O) groups excluding carboxylic acids is 1. The average molecular weight is 340 g/mol. The summed E-state index contributed by atoms with van der Waals surface area (Å²) in [6.45, 7) is 4.45. The van der Waals surface area contributed by atoms with Gasteiger partial charge in [-0.2, -0.15) is 0 Å². The second-order valence-electron chi connectivity index (χ2n) is 5.56. The number of benzene rings is 2. The Labute approximate surface area is 148 Å². The minimum absolute atomic E-state index is 0.126. The van der Waals surface area contributed by atoms with Crippen molar-refractivity contribution >= 4 is 11.9 Å². The van der Waals surface area contributed by atoms with Gasteiger partial charge in [0.2, 0.25) is 0 Å². The Bertz CT molecular complexity index is 714. The van der Waals surface area contributed by atoms with E-state index in [1.54, 1.807) is 31.4 Å². The first kappa shape index (κ1) is 18.5. The van der Waals surface area contributed by atoms with Crippen LogP contribution in [0.2, 0.25) is 0 Å². The quantitative estimate of drug-likeness (QED) is 0.639. The fourth-order valence-electron chi connectivity index (χ4n) is 2.22. The molecular weight excluding hydrogens is 316 g/mol. The molecule has 0 unspecified atom stereocenters. The Morgan fingerprint density at radius 2 is 1.92 bits per heavy atom. The number of nitrogens with zero attached hydrogens (tertiary/aromatic N) is 1. The normalized spacial score (nSPS) is 12.4. The molecule has 2 rings (SSSR count). The lowest BCUT2D eigenvalue weighted by Gasteiger charge is -2.13. The van der Waals surface area contributed by atoms with E-state index in [9.17, 15) is 4.79 Å². The molecule has 2 aromatic rings. The van der Waals surface area contributed by atoms with Gasteiger partial charge in [0.1, 0.15) is 5.75 Å². The van der Waals surface area contributed by atoms with Gasteiger partial charge < -0.3 is 9.47 Å². The number of ether oxygens (including phenoxy) is 2. The zero-order valence-electron chi connectivity index (χ0n) is 14.9. The molecule has 0 saturated heterocycles. The van der Waals surface area contributed by atoms with Crippen molar-refractivity contribution in [1.82, 2.24) is 5.32 Å². The summed E-state index contributed by atoms with van der Waals surface area (Å²) in [7, 11) is 1.57. The van der Waals surface area contributed by atoms with E-state index in [0.717, 1.165) is 12.0 Å². The van der Waals surface area contributed by atoms with E-state index in [4.69, 9.17) is 9.47 Å². The third-order valence-corrected chi connectivity index (χ3v) is 3.59. The van der Waals surface area contributed by atoms with Crippen LogP contribution in [-0.2, 0) is 4.74 Å². The number of hydrogen-bond acceptors (Lipinski definition) is 4. The van der Waals surface area contributed by atoms with Crippen molar-refractivity contribution in [2.24, 2.45) is 4.99 Å². The van der Waals surface area contributed by atoms with Crippen LogP contribution in [0, 0.1) is 0 Å². The molecule has 0 radical (unpaired) electrons. The van der Waals surface area contributed by atoms with Crippen LogP contribution in [0.5, 0.6) is 5.75 Å². The van der Waals surface area contributed by atoms with Crippen LogP contribution in [0.3, 0.4) is 0 Å². The maximum absolute atomic E-state index is 12.5. The van der Waals surface area contributed by atoms with E-state index < -0.39 is 0 Å². The molecule has 1 N–H and O–H groups in total. The van der Waals surface area contributed by atoms with Crippen molar-refractivity contribution in [1.29, 1.82) is 0 Å². The molecule has 0 aliphatic carbocycles. The summed E-state index contributed by atoms with van der Waals surface area (Å²) in [5, 5.41) is 2.75. The summed E-state index contributed by atoms with van der Waals surface area (Å²) >= 11 is 0. The topological polar surface area (TPSA) is 59.9 Å². The van der Waals surface area contributed by atoms with Crippen LogP contribution in [0.4, 0.5) is 0 Å². The van der Waals surface area contributed by atoms with Crippen molar-refractivity contribution in [3.05, 3.63) is 65.7 Å². The Morgan fingerprint density at radius 1 is 1.16 bits per heavy atom. The monoisotopic (exact) mass is 340 g/mol. The lowest BCUT2D eigenvalue weighted by molar-refractivity contribution is 0.0965. The maximum atomic E-state index is 12.5. The first-order chi connectivity index (χ1) is 12.1. The van der Waals surface area contributed by atoms with Gasteiger partial charge in [-0.15, -0.1) is 0 Å². The largest absolute Gasteiger partial charge is 0.497 e. The van der Waals surface area contributed by atoms with E-state index in [2.05, 4.69) is 10.3 Å². The second kappa shape index (κ2) is 9.47. The molecule has 0 bridgehead atoms. The van der Waals surface area contributed by atoms with Crippen molar-refractivity contribution in [3.8, 4) is 5.75 Å². The molecule has 0 aliphatic heterocycles. The lowest BCUT2D eigenvalue weighted by Crippen LogP contribution is -2.33. The Kier molecular flexibility index (Phi) is 7.01. The van der Waals surface area contributed by atoms with Gasteiger partial charge in [0.15, 0.2) is 0 Å². The Hall–Kier alpha value is -2.82. The first-order valence-corrected chi connectivity index (χ1v) is 8.35. The number of rotatable bonds is 6. The minimum Gasteiger partial charge on any atom is -0.497 e. The van der Waals surface area contributed by atoms with Gasteiger partial charge in [0, 0.05) is 5.56 Å². The molecule has 1 atom stereocenters. The highest BCUT2D eigenvalue weighted by Crippen LogP contribution is 2.16. The van der Waals surface area contributed by atoms with Gasteiger partial charge in [-0.25, -0.2) is 4.99 Å². The number of amides is 1. The van der Waals surface area contributed by atoms with Crippen molar-refractivity contribution < 1.29 is 14.3 Å². The molecule has 0 spiro atoms. The molecule has 5 heteroatoms. The highest BCUT2D eigenvalue weighted by molar-refractivity contribution is 6.04. The summed E-state index contributed by atoms with van der Waals surface area (Å²) in [6.07, 6.45) is 0.827. The summed E-state index contributed by atoms with van der Waals surface area (Å²) in [5.41, 5.74) is 1.54. The van der Waals surface area contributed by atoms with E-state index in [1.165, 1.54) is 0 Å². The van der Waals surface area contributed by atoms with Crippen molar-refractivity contribution in [2.45, 2.75) is 26.3 Å². The molecular formula is C20H24N2O3. The Balaban J connectivity index is 2.16. The second-order valence-corrected chi connectivity index (χ2v) is 5.56. The molecule has 1 amide bonds. The summed E-state index contributed by atoms with van der Waals surface area (Å²) in [4.78, 5) is 17.0. The summed E-state index contributed by atoms with van der Waals surface area (Å²) in [5.74, 6) is 0.340. The molecule has 25 heavy (non-hydrogen) atoms. The predicted octanol–water partition coefficient (Wildman–Crippen LogP) is 3.97. The summed E-state index contributed by atoms with van der Waals surface area (Å²) < 4.78 is 10.8. The zero-order chi connectivity index (χ0) is 18.1. The standard InChI is InChI=1S/C20H24N2O3/c1-4-13-25-20(21-15(2)16-9-6-5-7-10-16)22-19(23)17-11-8-12-18(14-17)24-3/h5-12,14-15H,4,13H2,1-3H3,(H,21,22,23)/t15-/m1/s1. The molecule has 0 fully saturated rings. The Morgan fingerprint density at radius 3 is 2.60 bits per heavy atom. The molecule has 0 aliphatic rings. The number of aliphatic imine (C=N–C) groups is 1. The molecule has 132 valence electrons. The number of carbonyl (C=O) groups is 1. The fourth-order valence-corrected chi connectivity index (χ4v) is 2.22. The third-order valence-electron chi connectivity index (χ3n) is 3.59. The predicted molar refractivity (Wildman–Crippen MR) is 99.0 cm³/mol.